The molecule has 3 nitrogen and oxygen atoms in total. The van der Waals surface area contributed by atoms with Gasteiger partial charge in [-0.1, -0.05) is 19.3 Å². The maximum atomic E-state index is 9.27. The van der Waals surface area contributed by atoms with Crippen LogP contribution >= 0.6 is 0 Å². The molecule has 1 aromatic heterocycles. The smallest absolute Gasteiger partial charge is 0.144 e. The molecule has 2 rings (SSSR count). The average molecular weight is 243 g/mol. The van der Waals surface area contributed by atoms with Crippen LogP contribution in [0.25, 0.3) is 0 Å². The molecule has 0 bridgehead atoms. The topological polar surface area (TPSA) is 48.7 Å². The second-order valence-corrected chi connectivity index (χ2v) is 5.66. The molecule has 0 aliphatic heterocycles. The molecule has 0 spiro atoms. The van der Waals surface area contributed by atoms with Gasteiger partial charge in [0.25, 0.3) is 0 Å². The zero-order valence-electron chi connectivity index (χ0n) is 11.5. The molecule has 1 fully saturated rings. The maximum Gasteiger partial charge on any atom is 0.144 e. The third-order valence-electron chi connectivity index (χ3n) is 3.83. The van der Waals surface area contributed by atoms with Gasteiger partial charge in [0.1, 0.15) is 11.9 Å². The molecule has 0 aromatic carbocycles. The third kappa shape index (κ3) is 2.64. The van der Waals surface area contributed by atoms with E-state index in [0.29, 0.717) is 5.56 Å². The Morgan fingerprint density at radius 3 is 2.56 bits per heavy atom. The molecule has 1 N–H and O–H groups in total. The van der Waals surface area contributed by atoms with E-state index in [1.165, 1.54) is 19.3 Å². The van der Waals surface area contributed by atoms with E-state index in [9.17, 15) is 5.26 Å². The highest BCUT2D eigenvalue weighted by Crippen LogP contribution is 2.32. The van der Waals surface area contributed by atoms with E-state index < -0.39 is 0 Å². The van der Waals surface area contributed by atoms with Gasteiger partial charge in [-0.3, -0.25) is 0 Å². The standard InChI is InChI=1S/C15H21N3/c1-11-9-12(2)17-14(13(11)10-16)18-15(3)7-5-4-6-8-15/h9H,4-8H2,1-3H3,(H,17,18). The molecule has 0 radical (unpaired) electrons. The zero-order chi connectivity index (χ0) is 13.2. The van der Waals surface area contributed by atoms with E-state index in [1.807, 2.05) is 19.9 Å². The molecule has 0 amide bonds. The molecule has 1 heterocycles. The number of pyridine rings is 1. The highest BCUT2D eigenvalue weighted by atomic mass is 15.1. The van der Waals surface area contributed by atoms with Crippen LogP contribution in [0, 0.1) is 25.2 Å². The number of aryl methyl sites for hydroxylation is 2. The van der Waals surface area contributed by atoms with Crippen molar-refractivity contribution in [2.75, 3.05) is 5.32 Å². The Bertz CT molecular complexity index is 479. The number of hydrogen-bond donors (Lipinski definition) is 1. The van der Waals surface area contributed by atoms with Crippen LogP contribution in [0.3, 0.4) is 0 Å². The number of rotatable bonds is 2. The Labute approximate surface area is 109 Å². The summed E-state index contributed by atoms with van der Waals surface area (Å²) < 4.78 is 0. The van der Waals surface area contributed by atoms with Crippen molar-refractivity contribution in [3.63, 3.8) is 0 Å². The highest BCUT2D eigenvalue weighted by molar-refractivity contribution is 5.57. The molecule has 18 heavy (non-hydrogen) atoms. The van der Waals surface area contributed by atoms with Crippen LogP contribution in [0.15, 0.2) is 6.07 Å². The van der Waals surface area contributed by atoms with Crippen molar-refractivity contribution in [2.24, 2.45) is 0 Å². The molecule has 0 unspecified atom stereocenters. The van der Waals surface area contributed by atoms with E-state index in [2.05, 4.69) is 23.3 Å². The number of hydrogen-bond acceptors (Lipinski definition) is 3. The van der Waals surface area contributed by atoms with Gasteiger partial charge in [-0.2, -0.15) is 5.26 Å². The van der Waals surface area contributed by atoms with E-state index >= 15 is 0 Å². The molecule has 96 valence electrons. The Kier molecular flexibility index (Phi) is 3.56. The minimum absolute atomic E-state index is 0.0943. The summed E-state index contributed by atoms with van der Waals surface area (Å²) in [4.78, 5) is 4.51. The molecule has 0 atom stereocenters. The van der Waals surface area contributed by atoms with Gasteiger partial charge in [-0.05, 0) is 45.2 Å². The monoisotopic (exact) mass is 243 g/mol. The summed E-state index contributed by atoms with van der Waals surface area (Å²) in [6.45, 7) is 6.19. The quantitative estimate of drug-likeness (QED) is 0.861. The Balaban J connectivity index is 2.31. The van der Waals surface area contributed by atoms with Crippen molar-refractivity contribution in [3.05, 3.63) is 22.9 Å². The van der Waals surface area contributed by atoms with Crippen LogP contribution < -0.4 is 5.32 Å². The van der Waals surface area contributed by atoms with Gasteiger partial charge >= 0.3 is 0 Å². The minimum atomic E-state index is 0.0943. The molecule has 1 aliphatic carbocycles. The van der Waals surface area contributed by atoms with Crippen LogP contribution in [0.1, 0.15) is 55.8 Å². The number of anilines is 1. The number of nitriles is 1. The SMILES string of the molecule is Cc1cc(C)c(C#N)c(NC2(C)CCCCC2)n1. The fraction of sp³-hybridized carbons (Fsp3) is 0.600. The molecule has 1 saturated carbocycles. The predicted molar refractivity (Wildman–Crippen MR) is 73.5 cm³/mol. The summed E-state index contributed by atoms with van der Waals surface area (Å²) in [7, 11) is 0. The summed E-state index contributed by atoms with van der Waals surface area (Å²) in [5.41, 5.74) is 2.75. The first-order valence-corrected chi connectivity index (χ1v) is 6.71. The molecule has 0 saturated heterocycles. The first-order valence-electron chi connectivity index (χ1n) is 6.71. The maximum absolute atomic E-state index is 9.27. The number of nitrogens with zero attached hydrogens (tertiary/aromatic N) is 2. The summed E-state index contributed by atoms with van der Waals surface area (Å²) in [6.07, 6.45) is 6.16. The van der Waals surface area contributed by atoms with Crippen molar-refractivity contribution in [2.45, 2.75) is 58.4 Å². The van der Waals surface area contributed by atoms with Crippen molar-refractivity contribution < 1.29 is 0 Å². The molecule has 1 aliphatic rings. The fourth-order valence-electron chi connectivity index (χ4n) is 2.81. The van der Waals surface area contributed by atoms with Crippen LogP contribution in [-0.4, -0.2) is 10.5 Å². The first-order chi connectivity index (χ1) is 8.54. The van der Waals surface area contributed by atoms with E-state index in [0.717, 1.165) is 29.9 Å². The fourth-order valence-corrected chi connectivity index (χ4v) is 2.81. The van der Waals surface area contributed by atoms with Gasteiger partial charge in [-0.15, -0.1) is 0 Å². The summed E-state index contributed by atoms with van der Waals surface area (Å²) >= 11 is 0. The molecular weight excluding hydrogens is 222 g/mol. The first kappa shape index (κ1) is 12.9. The third-order valence-corrected chi connectivity index (χ3v) is 3.83. The minimum Gasteiger partial charge on any atom is -0.364 e. The van der Waals surface area contributed by atoms with Crippen molar-refractivity contribution in [1.82, 2.24) is 4.98 Å². The van der Waals surface area contributed by atoms with Crippen molar-refractivity contribution in [1.29, 1.82) is 5.26 Å². The normalized spacial score (nSPS) is 18.1. The van der Waals surface area contributed by atoms with Gasteiger partial charge in [0.15, 0.2) is 0 Å². The lowest BCUT2D eigenvalue weighted by Crippen LogP contribution is -2.37. The Morgan fingerprint density at radius 2 is 1.94 bits per heavy atom. The molecule has 3 heteroatoms. The van der Waals surface area contributed by atoms with E-state index in [1.54, 1.807) is 0 Å². The second kappa shape index (κ2) is 4.97. The largest absolute Gasteiger partial charge is 0.364 e. The van der Waals surface area contributed by atoms with E-state index in [4.69, 9.17) is 0 Å². The number of nitrogens with one attached hydrogen (secondary N) is 1. The Hall–Kier alpha value is -1.56. The lowest BCUT2D eigenvalue weighted by molar-refractivity contribution is 0.348. The lowest BCUT2D eigenvalue weighted by atomic mass is 9.83. The summed E-state index contributed by atoms with van der Waals surface area (Å²) in [5.74, 6) is 0.763. The van der Waals surface area contributed by atoms with Gasteiger partial charge < -0.3 is 5.32 Å². The van der Waals surface area contributed by atoms with Gasteiger partial charge in [0, 0.05) is 11.2 Å². The van der Waals surface area contributed by atoms with Crippen LogP contribution in [0.4, 0.5) is 5.82 Å². The van der Waals surface area contributed by atoms with Crippen LogP contribution in [0.2, 0.25) is 0 Å². The van der Waals surface area contributed by atoms with Crippen molar-refractivity contribution >= 4 is 5.82 Å². The van der Waals surface area contributed by atoms with Crippen LogP contribution in [-0.2, 0) is 0 Å². The Morgan fingerprint density at radius 1 is 1.28 bits per heavy atom. The predicted octanol–water partition coefficient (Wildman–Crippen LogP) is 3.70. The second-order valence-electron chi connectivity index (χ2n) is 5.66. The van der Waals surface area contributed by atoms with Gasteiger partial charge in [0.2, 0.25) is 0 Å². The van der Waals surface area contributed by atoms with Gasteiger partial charge in [-0.25, -0.2) is 4.98 Å². The highest BCUT2D eigenvalue weighted by Gasteiger charge is 2.28. The summed E-state index contributed by atoms with van der Waals surface area (Å²) in [6, 6.07) is 4.24. The average Bonchev–Trinajstić information content (AvgIpc) is 2.28. The van der Waals surface area contributed by atoms with E-state index in [-0.39, 0.29) is 5.54 Å². The van der Waals surface area contributed by atoms with Crippen LogP contribution in [0.5, 0.6) is 0 Å². The molecular formula is C15H21N3. The zero-order valence-corrected chi connectivity index (χ0v) is 11.5. The molecule has 1 aromatic rings. The number of aromatic nitrogens is 1. The van der Waals surface area contributed by atoms with Crippen molar-refractivity contribution in [3.8, 4) is 6.07 Å². The summed E-state index contributed by atoms with van der Waals surface area (Å²) in [5, 5.41) is 12.8. The van der Waals surface area contributed by atoms with Gasteiger partial charge in [0.05, 0.1) is 5.56 Å². The lowest BCUT2D eigenvalue weighted by Gasteiger charge is -2.35.